The normalized spacial score (nSPS) is 10.7. The molecule has 4 nitrogen and oxygen atoms in total. The van der Waals surface area contributed by atoms with Crippen molar-refractivity contribution in [1.82, 2.24) is 0 Å². The van der Waals surface area contributed by atoms with Gasteiger partial charge < -0.3 is 15.5 Å². The summed E-state index contributed by atoms with van der Waals surface area (Å²) in [6.45, 7) is -0.0189. The van der Waals surface area contributed by atoms with Gasteiger partial charge in [0, 0.05) is 11.8 Å². The summed E-state index contributed by atoms with van der Waals surface area (Å²) in [6.07, 6.45) is 3.09. The first-order chi connectivity index (χ1) is 9.67. The number of hydrogen-bond donors (Lipinski definition) is 3. The summed E-state index contributed by atoms with van der Waals surface area (Å²) >= 11 is 0. The number of aliphatic hydroxyl groups excluding tert-OH is 1. The molecule has 0 fully saturated rings. The smallest absolute Gasteiger partial charge is 0.248 e. The number of carbonyl (C=O) groups is 1. The third kappa shape index (κ3) is 3.96. The average molecular weight is 269 g/mol. The SMILES string of the molecule is O=C(C=Cc1ccc(O)cc1)Nc1ccc(CO)cc1. The van der Waals surface area contributed by atoms with Crippen molar-refractivity contribution in [2.75, 3.05) is 5.32 Å². The van der Waals surface area contributed by atoms with Crippen LogP contribution in [0.25, 0.3) is 6.08 Å². The lowest BCUT2D eigenvalue weighted by Gasteiger charge is -2.03. The number of carbonyl (C=O) groups excluding carboxylic acids is 1. The Morgan fingerprint density at radius 1 is 1.05 bits per heavy atom. The fourth-order valence-corrected chi connectivity index (χ4v) is 1.63. The van der Waals surface area contributed by atoms with Crippen LogP contribution in [0.2, 0.25) is 0 Å². The van der Waals surface area contributed by atoms with E-state index in [1.165, 1.54) is 6.08 Å². The Morgan fingerprint density at radius 3 is 2.30 bits per heavy atom. The highest BCUT2D eigenvalue weighted by atomic mass is 16.3. The molecular weight excluding hydrogens is 254 g/mol. The zero-order chi connectivity index (χ0) is 14.4. The second kappa shape index (κ2) is 6.54. The third-order valence-corrected chi connectivity index (χ3v) is 2.72. The summed E-state index contributed by atoms with van der Waals surface area (Å²) in [4.78, 5) is 11.7. The molecule has 0 radical (unpaired) electrons. The standard InChI is InChI=1S/C16H15NO3/c18-11-13-1-6-14(7-2-13)17-16(20)10-5-12-3-8-15(19)9-4-12/h1-10,18-19H,11H2,(H,17,20). The Morgan fingerprint density at radius 2 is 1.70 bits per heavy atom. The van der Waals surface area contributed by atoms with Gasteiger partial charge in [-0.15, -0.1) is 0 Å². The summed E-state index contributed by atoms with van der Waals surface area (Å²) in [5.74, 6) is -0.0506. The van der Waals surface area contributed by atoms with Crippen molar-refractivity contribution in [2.24, 2.45) is 0 Å². The summed E-state index contributed by atoms with van der Waals surface area (Å²) in [7, 11) is 0. The number of amides is 1. The Hall–Kier alpha value is -2.59. The highest BCUT2D eigenvalue weighted by Gasteiger charge is 1.98. The van der Waals surface area contributed by atoms with Gasteiger partial charge in [0.15, 0.2) is 0 Å². The van der Waals surface area contributed by atoms with Gasteiger partial charge in [0.1, 0.15) is 5.75 Å². The maximum absolute atomic E-state index is 11.7. The molecule has 0 spiro atoms. The van der Waals surface area contributed by atoms with Crippen molar-refractivity contribution in [1.29, 1.82) is 0 Å². The van der Waals surface area contributed by atoms with E-state index in [2.05, 4.69) is 5.32 Å². The lowest BCUT2D eigenvalue weighted by molar-refractivity contribution is -0.111. The number of aromatic hydroxyl groups is 1. The van der Waals surface area contributed by atoms with E-state index in [4.69, 9.17) is 10.2 Å². The van der Waals surface area contributed by atoms with Crippen molar-refractivity contribution in [3.05, 3.63) is 65.7 Å². The second-order valence-electron chi connectivity index (χ2n) is 4.27. The van der Waals surface area contributed by atoms with E-state index in [1.807, 2.05) is 0 Å². The number of anilines is 1. The first-order valence-electron chi connectivity index (χ1n) is 6.15. The minimum Gasteiger partial charge on any atom is -0.508 e. The molecule has 0 aliphatic heterocycles. The molecule has 2 aromatic rings. The highest BCUT2D eigenvalue weighted by molar-refractivity contribution is 6.01. The molecule has 0 saturated carbocycles. The summed E-state index contributed by atoms with van der Waals surface area (Å²) in [5, 5.41) is 20.8. The monoisotopic (exact) mass is 269 g/mol. The Balaban J connectivity index is 1.96. The zero-order valence-corrected chi connectivity index (χ0v) is 10.8. The molecule has 0 atom stereocenters. The van der Waals surface area contributed by atoms with Crippen molar-refractivity contribution in [3.8, 4) is 5.75 Å². The van der Waals surface area contributed by atoms with Crippen LogP contribution in [-0.2, 0) is 11.4 Å². The minimum atomic E-state index is -0.241. The molecule has 102 valence electrons. The zero-order valence-electron chi connectivity index (χ0n) is 10.8. The van der Waals surface area contributed by atoms with Crippen LogP contribution in [0.3, 0.4) is 0 Å². The van der Waals surface area contributed by atoms with Gasteiger partial charge in [-0.1, -0.05) is 24.3 Å². The van der Waals surface area contributed by atoms with Gasteiger partial charge in [0.2, 0.25) is 5.91 Å². The number of phenolic OH excluding ortho intramolecular Hbond substituents is 1. The molecule has 1 amide bonds. The maximum Gasteiger partial charge on any atom is 0.248 e. The van der Waals surface area contributed by atoms with Crippen LogP contribution in [0.15, 0.2) is 54.6 Å². The summed E-state index contributed by atoms with van der Waals surface area (Å²) in [6, 6.07) is 13.5. The summed E-state index contributed by atoms with van der Waals surface area (Å²) < 4.78 is 0. The van der Waals surface area contributed by atoms with Crippen LogP contribution in [0.5, 0.6) is 5.75 Å². The van der Waals surface area contributed by atoms with E-state index in [-0.39, 0.29) is 18.3 Å². The fourth-order valence-electron chi connectivity index (χ4n) is 1.63. The van der Waals surface area contributed by atoms with Gasteiger partial charge in [0.25, 0.3) is 0 Å². The Kier molecular flexibility index (Phi) is 4.52. The molecule has 2 rings (SSSR count). The molecule has 0 aliphatic rings. The van der Waals surface area contributed by atoms with Gasteiger partial charge in [-0.2, -0.15) is 0 Å². The van der Waals surface area contributed by atoms with Crippen molar-refractivity contribution >= 4 is 17.7 Å². The lowest BCUT2D eigenvalue weighted by Crippen LogP contribution is -2.07. The van der Waals surface area contributed by atoms with E-state index in [0.29, 0.717) is 5.69 Å². The highest BCUT2D eigenvalue weighted by Crippen LogP contribution is 2.12. The molecule has 0 aromatic heterocycles. The van der Waals surface area contributed by atoms with Gasteiger partial charge >= 0.3 is 0 Å². The topological polar surface area (TPSA) is 69.6 Å². The van der Waals surface area contributed by atoms with Crippen LogP contribution in [0, 0.1) is 0 Å². The molecule has 0 bridgehead atoms. The van der Waals surface area contributed by atoms with Crippen molar-refractivity contribution in [2.45, 2.75) is 6.61 Å². The van der Waals surface area contributed by atoms with Crippen molar-refractivity contribution < 1.29 is 15.0 Å². The first kappa shape index (κ1) is 13.8. The lowest BCUT2D eigenvalue weighted by atomic mass is 10.2. The number of phenols is 1. The number of nitrogens with one attached hydrogen (secondary N) is 1. The third-order valence-electron chi connectivity index (χ3n) is 2.72. The van der Waals surface area contributed by atoms with E-state index < -0.39 is 0 Å². The first-order valence-corrected chi connectivity index (χ1v) is 6.15. The van der Waals surface area contributed by atoms with Gasteiger partial charge in [-0.25, -0.2) is 0 Å². The number of rotatable bonds is 4. The number of aliphatic hydroxyl groups is 1. The Labute approximate surface area is 117 Å². The average Bonchev–Trinajstić information content (AvgIpc) is 2.47. The molecule has 3 N–H and O–H groups in total. The molecular formula is C16H15NO3. The quantitative estimate of drug-likeness (QED) is 0.747. The molecule has 2 aromatic carbocycles. The van der Waals surface area contributed by atoms with Crippen LogP contribution < -0.4 is 5.32 Å². The fraction of sp³-hybridized carbons (Fsp3) is 0.0625. The van der Waals surface area contributed by atoms with Crippen LogP contribution in [-0.4, -0.2) is 16.1 Å². The van der Waals surface area contributed by atoms with Gasteiger partial charge in [-0.05, 0) is 41.5 Å². The molecule has 20 heavy (non-hydrogen) atoms. The molecule has 0 saturated heterocycles. The van der Waals surface area contributed by atoms with E-state index in [0.717, 1.165) is 11.1 Å². The Bertz CT molecular complexity index is 601. The predicted octanol–water partition coefficient (Wildman–Crippen LogP) is 2.54. The van der Waals surface area contributed by atoms with E-state index in [1.54, 1.807) is 54.6 Å². The largest absolute Gasteiger partial charge is 0.508 e. The van der Waals surface area contributed by atoms with Gasteiger partial charge in [0.05, 0.1) is 6.61 Å². The molecule has 0 heterocycles. The van der Waals surface area contributed by atoms with Gasteiger partial charge in [-0.3, -0.25) is 4.79 Å². The van der Waals surface area contributed by atoms with Crippen LogP contribution >= 0.6 is 0 Å². The maximum atomic E-state index is 11.7. The predicted molar refractivity (Wildman–Crippen MR) is 78.1 cm³/mol. The van der Waals surface area contributed by atoms with Crippen LogP contribution in [0.1, 0.15) is 11.1 Å². The van der Waals surface area contributed by atoms with E-state index in [9.17, 15) is 4.79 Å². The number of benzene rings is 2. The van der Waals surface area contributed by atoms with E-state index >= 15 is 0 Å². The molecule has 0 aliphatic carbocycles. The van der Waals surface area contributed by atoms with Crippen molar-refractivity contribution in [3.63, 3.8) is 0 Å². The molecule has 0 unspecified atom stereocenters. The number of hydrogen-bond acceptors (Lipinski definition) is 3. The molecule has 4 heteroatoms. The van der Waals surface area contributed by atoms with Crippen LogP contribution in [0.4, 0.5) is 5.69 Å². The second-order valence-corrected chi connectivity index (χ2v) is 4.27. The summed E-state index contributed by atoms with van der Waals surface area (Å²) in [5.41, 5.74) is 2.29. The minimum absolute atomic E-state index is 0.0189.